The van der Waals surface area contributed by atoms with Crippen molar-refractivity contribution in [3.05, 3.63) is 59.7 Å². The van der Waals surface area contributed by atoms with Gasteiger partial charge in [-0.3, -0.25) is 4.98 Å². The van der Waals surface area contributed by atoms with E-state index >= 15 is 0 Å². The third-order valence-electron chi connectivity index (χ3n) is 2.55. The minimum absolute atomic E-state index is 0.704. The third-order valence-corrected chi connectivity index (χ3v) is 3.24. The summed E-state index contributed by atoms with van der Waals surface area (Å²) >= 11 is 3.53. The van der Waals surface area contributed by atoms with E-state index in [1.54, 1.807) is 23.3 Å². The van der Waals surface area contributed by atoms with Crippen LogP contribution in [-0.2, 0) is 0 Å². The Kier molecular flexibility index (Phi) is 2.90. The van der Waals surface area contributed by atoms with Crippen LogP contribution in [0.3, 0.4) is 0 Å². The zero-order valence-electron chi connectivity index (χ0n) is 9.36. The molecule has 0 aliphatic carbocycles. The predicted molar refractivity (Wildman–Crippen MR) is 72.3 cm³/mol. The van der Waals surface area contributed by atoms with Crippen molar-refractivity contribution < 1.29 is 0 Å². The molecule has 5 heteroatoms. The van der Waals surface area contributed by atoms with Gasteiger partial charge in [0.05, 0.1) is 12.4 Å². The maximum atomic E-state index is 4.30. The third kappa shape index (κ3) is 2.04. The van der Waals surface area contributed by atoms with Gasteiger partial charge in [0.25, 0.3) is 0 Å². The second-order valence-corrected chi connectivity index (χ2v) is 4.57. The summed E-state index contributed by atoms with van der Waals surface area (Å²) in [5.74, 6) is 0.704. The molecule has 1 aromatic carbocycles. The molecule has 0 aliphatic rings. The van der Waals surface area contributed by atoms with Gasteiger partial charge >= 0.3 is 0 Å². The van der Waals surface area contributed by atoms with E-state index in [0.717, 1.165) is 15.6 Å². The summed E-state index contributed by atoms with van der Waals surface area (Å²) in [5.41, 5.74) is 2.14. The maximum absolute atomic E-state index is 4.30. The lowest BCUT2D eigenvalue weighted by Gasteiger charge is -2.00. The highest BCUT2D eigenvalue weighted by Gasteiger charge is 2.06. The molecule has 0 saturated carbocycles. The maximum Gasteiger partial charge on any atom is 0.171 e. The molecule has 0 saturated heterocycles. The van der Waals surface area contributed by atoms with Crippen LogP contribution in [0.1, 0.15) is 0 Å². The van der Waals surface area contributed by atoms with Crippen LogP contribution >= 0.6 is 15.9 Å². The van der Waals surface area contributed by atoms with Crippen molar-refractivity contribution in [2.24, 2.45) is 0 Å². The quantitative estimate of drug-likeness (QED) is 0.730. The average Bonchev–Trinajstić information content (AvgIpc) is 2.90. The van der Waals surface area contributed by atoms with Gasteiger partial charge in [0.2, 0.25) is 0 Å². The highest BCUT2D eigenvalue weighted by molar-refractivity contribution is 9.10. The molecule has 0 spiro atoms. The van der Waals surface area contributed by atoms with E-state index in [1.165, 1.54) is 0 Å². The number of rotatable bonds is 2. The smallest absolute Gasteiger partial charge is 0.171 e. The van der Waals surface area contributed by atoms with Crippen molar-refractivity contribution in [3.63, 3.8) is 0 Å². The molecule has 0 aliphatic heterocycles. The standard InChI is InChI=1S/C13H9BrN4/c14-12-4-2-1-3-11(12)10-7-17-18(9-10)13-8-15-5-6-16-13/h1-9H. The minimum Gasteiger partial charge on any atom is -0.259 e. The van der Waals surface area contributed by atoms with E-state index in [9.17, 15) is 0 Å². The zero-order valence-corrected chi connectivity index (χ0v) is 10.9. The molecule has 0 fully saturated rings. The van der Waals surface area contributed by atoms with Gasteiger partial charge in [-0.1, -0.05) is 34.1 Å². The summed E-state index contributed by atoms with van der Waals surface area (Å²) in [7, 11) is 0. The van der Waals surface area contributed by atoms with Crippen LogP contribution in [-0.4, -0.2) is 19.7 Å². The fourth-order valence-corrected chi connectivity index (χ4v) is 2.21. The Morgan fingerprint density at radius 3 is 2.72 bits per heavy atom. The SMILES string of the molecule is Brc1ccccc1-c1cnn(-c2cnccn2)c1. The number of nitrogens with zero attached hydrogens (tertiary/aromatic N) is 4. The first kappa shape index (κ1) is 11.1. The van der Waals surface area contributed by atoms with Crippen molar-refractivity contribution in [2.45, 2.75) is 0 Å². The van der Waals surface area contributed by atoms with Crippen molar-refractivity contribution in [1.82, 2.24) is 19.7 Å². The lowest BCUT2D eigenvalue weighted by molar-refractivity contribution is 0.838. The van der Waals surface area contributed by atoms with Crippen molar-refractivity contribution in [2.75, 3.05) is 0 Å². The van der Waals surface area contributed by atoms with Crippen LogP contribution in [0.4, 0.5) is 0 Å². The van der Waals surface area contributed by atoms with Gasteiger partial charge < -0.3 is 0 Å². The minimum atomic E-state index is 0.704. The van der Waals surface area contributed by atoms with Crippen LogP contribution in [0.15, 0.2) is 59.7 Å². The number of aromatic nitrogens is 4. The molecule has 0 amide bonds. The van der Waals surface area contributed by atoms with Gasteiger partial charge in [0.15, 0.2) is 5.82 Å². The zero-order chi connectivity index (χ0) is 12.4. The number of halogens is 1. The molecule has 0 bridgehead atoms. The van der Waals surface area contributed by atoms with Gasteiger partial charge in [-0.15, -0.1) is 0 Å². The summed E-state index contributed by atoms with van der Waals surface area (Å²) in [6.45, 7) is 0. The first-order valence-corrected chi connectivity index (χ1v) is 6.20. The molecule has 0 atom stereocenters. The van der Waals surface area contributed by atoms with Gasteiger partial charge in [-0.25, -0.2) is 9.67 Å². The van der Waals surface area contributed by atoms with Crippen LogP contribution in [0, 0.1) is 0 Å². The van der Waals surface area contributed by atoms with Crippen LogP contribution in [0.25, 0.3) is 16.9 Å². The average molecular weight is 301 g/mol. The Hall–Kier alpha value is -2.01. The number of benzene rings is 1. The molecule has 3 aromatic rings. The largest absolute Gasteiger partial charge is 0.259 e. The van der Waals surface area contributed by atoms with Crippen molar-refractivity contribution in [3.8, 4) is 16.9 Å². The van der Waals surface area contributed by atoms with E-state index in [-0.39, 0.29) is 0 Å². The lowest BCUT2D eigenvalue weighted by atomic mass is 10.1. The van der Waals surface area contributed by atoms with E-state index in [2.05, 4.69) is 31.0 Å². The van der Waals surface area contributed by atoms with E-state index in [0.29, 0.717) is 5.82 Å². The van der Waals surface area contributed by atoms with Gasteiger partial charge in [0, 0.05) is 28.6 Å². The van der Waals surface area contributed by atoms with E-state index < -0.39 is 0 Å². The molecule has 0 unspecified atom stereocenters. The molecule has 4 nitrogen and oxygen atoms in total. The monoisotopic (exact) mass is 300 g/mol. The molecule has 0 radical (unpaired) electrons. The second-order valence-electron chi connectivity index (χ2n) is 3.72. The predicted octanol–water partition coefficient (Wildman–Crippen LogP) is 3.09. The lowest BCUT2D eigenvalue weighted by Crippen LogP contribution is -1.97. The van der Waals surface area contributed by atoms with Crippen LogP contribution in [0.2, 0.25) is 0 Å². The molecule has 2 aromatic heterocycles. The van der Waals surface area contributed by atoms with Crippen LogP contribution < -0.4 is 0 Å². The molecule has 0 N–H and O–H groups in total. The Balaban J connectivity index is 2.03. The van der Waals surface area contributed by atoms with Gasteiger partial charge in [0.1, 0.15) is 0 Å². The Bertz CT molecular complexity index is 664. The summed E-state index contributed by atoms with van der Waals surface area (Å²) in [4.78, 5) is 8.23. The normalized spacial score (nSPS) is 10.5. The van der Waals surface area contributed by atoms with E-state index in [4.69, 9.17) is 0 Å². The Morgan fingerprint density at radius 1 is 1.06 bits per heavy atom. The summed E-state index contributed by atoms with van der Waals surface area (Å²) in [5, 5.41) is 4.30. The summed E-state index contributed by atoms with van der Waals surface area (Å²) in [6, 6.07) is 8.04. The number of hydrogen-bond donors (Lipinski definition) is 0. The highest BCUT2D eigenvalue weighted by atomic mass is 79.9. The fourth-order valence-electron chi connectivity index (χ4n) is 1.69. The fraction of sp³-hybridized carbons (Fsp3) is 0. The Morgan fingerprint density at radius 2 is 1.94 bits per heavy atom. The second kappa shape index (κ2) is 4.70. The topological polar surface area (TPSA) is 43.6 Å². The molecular weight excluding hydrogens is 292 g/mol. The summed E-state index contributed by atoms with van der Waals surface area (Å²) < 4.78 is 2.76. The molecular formula is C13H9BrN4. The van der Waals surface area contributed by atoms with Crippen molar-refractivity contribution in [1.29, 1.82) is 0 Å². The van der Waals surface area contributed by atoms with Crippen molar-refractivity contribution >= 4 is 15.9 Å². The molecule has 3 rings (SSSR count). The highest BCUT2D eigenvalue weighted by Crippen LogP contribution is 2.27. The first-order chi connectivity index (χ1) is 8.84. The molecule has 2 heterocycles. The van der Waals surface area contributed by atoms with Crippen LogP contribution in [0.5, 0.6) is 0 Å². The Labute approximate surface area is 112 Å². The summed E-state index contributed by atoms with van der Waals surface area (Å²) in [6.07, 6.45) is 8.71. The van der Waals surface area contributed by atoms with E-state index in [1.807, 2.05) is 36.7 Å². The molecule has 18 heavy (non-hydrogen) atoms. The van der Waals surface area contributed by atoms with Gasteiger partial charge in [-0.05, 0) is 11.6 Å². The molecule has 88 valence electrons. The number of hydrogen-bond acceptors (Lipinski definition) is 3. The van der Waals surface area contributed by atoms with Gasteiger partial charge in [-0.2, -0.15) is 5.10 Å². The first-order valence-electron chi connectivity index (χ1n) is 5.40.